The van der Waals surface area contributed by atoms with Crippen LogP contribution in [0.3, 0.4) is 0 Å². The van der Waals surface area contributed by atoms with Crippen molar-refractivity contribution in [3.05, 3.63) is 30.6 Å². The molecule has 25 heavy (non-hydrogen) atoms. The maximum absolute atomic E-state index is 12.4. The lowest BCUT2D eigenvalue weighted by Crippen LogP contribution is -2.36. The molecule has 1 fully saturated rings. The van der Waals surface area contributed by atoms with Crippen LogP contribution in [0.5, 0.6) is 11.5 Å². The van der Waals surface area contributed by atoms with Crippen molar-refractivity contribution in [2.45, 2.75) is 19.2 Å². The molecule has 2 aliphatic rings. The normalized spacial score (nSPS) is 19.7. The molecular formula is C17H22F3N3O2. The second kappa shape index (κ2) is 7.03. The van der Waals surface area contributed by atoms with E-state index in [1.807, 2.05) is 6.20 Å². The first-order chi connectivity index (χ1) is 11.8. The Morgan fingerprint density at radius 2 is 1.92 bits per heavy atom. The summed E-state index contributed by atoms with van der Waals surface area (Å²) in [6, 6.07) is 3.51. The first kappa shape index (κ1) is 17.7. The Hall–Kier alpha value is -2.09. The van der Waals surface area contributed by atoms with E-state index < -0.39 is 6.36 Å². The molecule has 5 nitrogen and oxygen atoms in total. The van der Waals surface area contributed by atoms with Crippen LogP contribution >= 0.6 is 0 Å². The Balaban J connectivity index is 1.62. The second-order valence-corrected chi connectivity index (χ2v) is 6.63. The number of piperidine rings is 1. The van der Waals surface area contributed by atoms with Gasteiger partial charge in [0, 0.05) is 25.0 Å². The zero-order valence-electron chi connectivity index (χ0n) is 14.0. The maximum Gasteiger partial charge on any atom is 0.573 e. The first-order valence-electron chi connectivity index (χ1n) is 8.26. The largest absolute Gasteiger partial charge is 0.573 e. The number of ether oxygens (including phenoxy) is 1. The van der Waals surface area contributed by atoms with Gasteiger partial charge in [-0.25, -0.2) is 0 Å². The molecule has 1 aromatic rings. The minimum atomic E-state index is -4.75. The Morgan fingerprint density at radius 3 is 2.60 bits per heavy atom. The molecule has 2 aliphatic heterocycles. The van der Waals surface area contributed by atoms with Crippen molar-refractivity contribution in [2.75, 3.05) is 38.3 Å². The topological polar surface area (TPSA) is 39.2 Å². The third-order valence-corrected chi connectivity index (χ3v) is 4.61. The van der Waals surface area contributed by atoms with E-state index in [2.05, 4.69) is 21.6 Å². The van der Waals surface area contributed by atoms with Crippen LogP contribution in [-0.4, -0.2) is 54.6 Å². The number of halogens is 3. The first-order valence-corrected chi connectivity index (χ1v) is 8.26. The third kappa shape index (κ3) is 4.72. The average Bonchev–Trinajstić information content (AvgIpc) is 2.98. The number of hydrogen-bond donors (Lipinski definition) is 1. The molecule has 0 saturated carbocycles. The van der Waals surface area contributed by atoms with E-state index in [9.17, 15) is 18.3 Å². The van der Waals surface area contributed by atoms with Gasteiger partial charge in [-0.15, -0.1) is 13.2 Å². The van der Waals surface area contributed by atoms with Gasteiger partial charge in [-0.05, 0) is 51.0 Å². The number of phenols is 1. The van der Waals surface area contributed by atoms with Gasteiger partial charge in [0.1, 0.15) is 11.5 Å². The predicted octanol–water partition coefficient (Wildman–Crippen LogP) is 3.18. The zero-order chi connectivity index (χ0) is 18.0. The van der Waals surface area contributed by atoms with Gasteiger partial charge >= 0.3 is 6.36 Å². The molecule has 8 heteroatoms. The van der Waals surface area contributed by atoms with Crippen LogP contribution in [0.15, 0.2) is 30.6 Å². The van der Waals surface area contributed by atoms with E-state index in [4.69, 9.17) is 0 Å². The number of anilines is 1. The highest BCUT2D eigenvalue weighted by atomic mass is 19.4. The quantitative estimate of drug-likeness (QED) is 0.896. The summed E-state index contributed by atoms with van der Waals surface area (Å²) in [5.41, 5.74) is 0.295. The van der Waals surface area contributed by atoms with E-state index in [1.54, 1.807) is 11.1 Å². The van der Waals surface area contributed by atoms with E-state index in [0.717, 1.165) is 38.5 Å². The molecule has 2 heterocycles. The molecule has 0 atom stereocenters. The highest BCUT2D eigenvalue weighted by Crippen LogP contribution is 2.35. The molecule has 0 bridgehead atoms. The van der Waals surface area contributed by atoms with Crippen molar-refractivity contribution in [2.24, 2.45) is 5.92 Å². The summed E-state index contributed by atoms with van der Waals surface area (Å²) < 4.78 is 41.1. The van der Waals surface area contributed by atoms with Crippen molar-refractivity contribution in [3.63, 3.8) is 0 Å². The van der Waals surface area contributed by atoms with Crippen LogP contribution in [-0.2, 0) is 0 Å². The predicted molar refractivity (Wildman–Crippen MR) is 88.2 cm³/mol. The van der Waals surface area contributed by atoms with Crippen molar-refractivity contribution in [1.82, 2.24) is 9.80 Å². The minimum Gasteiger partial charge on any atom is -0.506 e. The summed E-state index contributed by atoms with van der Waals surface area (Å²) in [6.45, 7) is 3.57. The summed E-state index contributed by atoms with van der Waals surface area (Å²) in [5.74, 6) is 0.178. The van der Waals surface area contributed by atoms with Gasteiger partial charge in [-0.1, -0.05) is 0 Å². The van der Waals surface area contributed by atoms with Crippen molar-refractivity contribution in [3.8, 4) is 11.5 Å². The van der Waals surface area contributed by atoms with Gasteiger partial charge in [0.15, 0.2) is 0 Å². The van der Waals surface area contributed by atoms with Crippen molar-refractivity contribution in [1.29, 1.82) is 0 Å². The SMILES string of the molecule is CN1CCC(CN2C=CN(c3cc(OC(F)(F)F)ccc3O)C2)CC1. The molecule has 0 unspecified atom stereocenters. The fraction of sp³-hybridized carbons (Fsp3) is 0.529. The number of hydrogen-bond acceptors (Lipinski definition) is 5. The number of phenolic OH excluding ortho intramolecular Hbond substituents is 1. The summed E-state index contributed by atoms with van der Waals surface area (Å²) in [7, 11) is 2.12. The molecule has 0 aromatic heterocycles. The van der Waals surface area contributed by atoms with Crippen LogP contribution < -0.4 is 9.64 Å². The summed E-state index contributed by atoms with van der Waals surface area (Å²) in [4.78, 5) is 6.15. The Labute approximate surface area is 144 Å². The number of benzene rings is 1. The number of rotatable bonds is 4. The van der Waals surface area contributed by atoms with Gasteiger partial charge in [0.25, 0.3) is 0 Å². The van der Waals surface area contributed by atoms with Crippen LogP contribution in [0.1, 0.15) is 12.8 Å². The fourth-order valence-corrected chi connectivity index (χ4v) is 3.25. The Bertz CT molecular complexity index is 628. The van der Waals surface area contributed by atoms with Crippen LogP contribution in [0.4, 0.5) is 18.9 Å². The number of aromatic hydroxyl groups is 1. The third-order valence-electron chi connectivity index (χ3n) is 4.61. The van der Waals surface area contributed by atoms with E-state index in [0.29, 0.717) is 18.3 Å². The summed E-state index contributed by atoms with van der Waals surface area (Å²) in [6.07, 6.45) is 1.20. The second-order valence-electron chi connectivity index (χ2n) is 6.63. The van der Waals surface area contributed by atoms with Crippen molar-refractivity contribution < 1.29 is 23.0 Å². The molecule has 1 aromatic carbocycles. The molecule has 0 aliphatic carbocycles. The number of alkyl halides is 3. The fourth-order valence-electron chi connectivity index (χ4n) is 3.25. The van der Waals surface area contributed by atoms with Gasteiger partial charge in [0.2, 0.25) is 0 Å². The average molecular weight is 357 g/mol. The van der Waals surface area contributed by atoms with Gasteiger partial charge in [-0.3, -0.25) is 0 Å². The van der Waals surface area contributed by atoms with Crippen LogP contribution in [0.2, 0.25) is 0 Å². The lowest BCUT2D eigenvalue weighted by molar-refractivity contribution is -0.274. The molecule has 1 N–H and O–H groups in total. The lowest BCUT2D eigenvalue weighted by atomic mass is 9.97. The van der Waals surface area contributed by atoms with E-state index in [1.165, 1.54) is 12.1 Å². The Morgan fingerprint density at radius 1 is 1.20 bits per heavy atom. The van der Waals surface area contributed by atoms with Crippen LogP contribution in [0.25, 0.3) is 0 Å². The zero-order valence-corrected chi connectivity index (χ0v) is 14.0. The smallest absolute Gasteiger partial charge is 0.506 e. The molecular weight excluding hydrogens is 335 g/mol. The maximum atomic E-state index is 12.4. The van der Waals surface area contributed by atoms with Crippen LogP contribution in [0, 0.1) is 5.92 Å². The minimum absolute atomic E-state index is 0.0830. The highest BCUT2D eigenvalue weighted by molar-refractivity contribution is 5.63. The van der Waals surface area contributed by atoms with Gasteiger partial charge in [-0.2, -0.15) is 0 Å². The Kier molecular flexibility index (Phi) is 4.99. The molecule has 0 radical (unpaired) electrons. The molecule has 3 rings (SSSR count). The highest BCUT2D eigenvalue weighted by Gasteiger charge is 2.31. The van der Waals surface area contributed by atoms with Gasteiger partial charge in [0.05, 0.1) is 12.4 Å². The number of likely N-dealkylation sites (tertiary alicyclic amines) is 1. The molecule has 1 saturated heterocycles. The number of nitrogens with zero attached hydrogens (tertiary/aromatic N) is 3. The summed E-state index contributed by atoms with van der Waals surface area (Å²) in [5, 5.41) is 9.99. The molecule has 138 valence electrons. The molecule has 0 spiro atoms. The monoisotopic (exact) mass is 357 g/mol. The standard InChI is InChI=1S/C17H22F3N3O2/c1-21-6-4-13(5-7-21)11-22-8-9-23(12-22)15-10-14(2-3-16(15)24)25-17(18,19)20/h2-3,8-10,13,24H,4-7,11-12H2,1H3. The van der Waals surface area contributed by atoms with Gasteiger partial charge < -0.3 is 24.5 Å². The van der Waals surface area contributed by atoms with Crippen molar-refractivity contribution >= 4 is 5.69 Å². The lowest BCUT2D eigenvalue weighted by Gasteiger charge is -2.32. The van der Waals surface area contributed by atoms with E-state index in [-0.39, 0.29) is 11.5 Å². The molecule has 0 amide bonds. The summed E-state index contributed by atoms with van der Waals surface area (Å²) >= 11 is 0. The van der Waals surface area contributed by atoms with E-state index >= 15 is 0 Å².